The fourth-order valence-electron chi connectivity index (χ4n) is 1.74. The minimum atomic E-state index is -0.257. The molecule has 0 saturated heterocycles. The van der Waals surface area contributed by atoms with Crippen molar-refractivity contribution < 1.29 is 9.53 Å². The van der Waals surface area contributed by atoms with Gasteiger partial charge in [0.1, 0.15) is 11.8 Å². The van der Waals surface area contributed by atoms with E-state index in [9.17, 15) is 4.79 Å². The minimum absolute atomic E-state index is 0.257. The molecular weight excluding hydrogens is 292 g/mol. The summed E-state index contributed by atoms with van der Waals surface area (Å²) in [4.78, 5) is 15.8. The Morgan fingerprint density at radius 2 is 2.17 bits per heavy atom. The highest BCUT2D eigenvalue weighted by molar-refractivity contribution is 5.89. The van der Waals surface area contributed by atoms with Crippen LogP contribution in [0.5, 0.6) is 11.6 Å². The van der Waals surface area contributed by atoms with Crippen LogP contribution < -0.4 is 15.4 Å². The standard InChI is InChI=1S/C17H18N4O2/c1-12(2)10-20-17(22)21-14-4-3-5-15(8-14)23-16-7-6-13(9-18)11-19-16/h3-8,11-12H,10H2,1-2H3,(H2,20,21,22). The molecule has 0 spiro atoms. The van der Waals surface area contributed by atoms with E-state index in [1.54, 1.807) is 36.4 Å². The third-order valence-corrected chi connectivity index (χ3v) is 2.85. The molecule has 23 heavy (non-hydrogen) atoms. The predicted molar refractivity (Wildman–Crippen MR) is 87.3 cm³/mol. The van der Waals surface area contributed by atoms with E-state index in [-0.39, 0.29) is 6.03 Å². The molecule has 0 radical (unpaired) electrons. The maximum Gasteiger partial charge on any atom is 0.319 e. The van der Waals surface area contributed by atoms with Crippen molar-refractivity contribution >= 4 is 11.7 Å². The Hall–Kier alpha value is -3.07. The van der Waals surface area contributed by atoms with Gasteiger partial charge in [-0.3, -0.25) is 0 Å². The van der Waals surface area contributed by atoms with Crippen LogP contribution >= 0.6 is 0 Å². The molecule has 0 aliphatic rings. The van der Waals surface area contributed by atoms with E-state index in [0.29, 0.717) is 35.3 Å². The van der Waals surface area contributed by atoms with Crippen LogP contribution in [-0.4, -0.2) is 17.6 Å². The third-order valence-electron chi connectivity index (χ3n) is 2.85. The van der Waals surface area contributed by atoms with Crippen LogP contribution in [0.1, 0.15) is 19.4 Å². The molecule has 0 unspecified atom stereocenters. The number of benzene rings is 1. The summed E-state index contributed by atoms with van der Waals surface area (Å²) in [6.45, 7) is 4.66. The molecule has 2 aromatic rings. The lowest BCUT2D eigenvalue weighted by atomic mass is 10.2. The molecule has 2 N–H and O–H groups in total. The molecule has 1 aromatic heterocycles. The highest BCUT2D eigenvalue weighted by Gasteiger charge is 2.05. The first-order chi connectivity index (χ1) is 11.1. The molecule has 0 saturated carbocycles. The summed E-state index contributed by atoms with van der Waals surface area (Å²) in [6.07, 6.45) is 1.44. The Morgan fingerprint density at radius 1 is 1.35 bits per heavy atom. The van der Waals surface area contributed by atoms with E-state index in [1.807, 2.05) is 19.9 Å². The van der Waals surface area contributed by atoms with Gasteiger partial charge in [0, 0.05) is 30.6 Å². The van der Waals surface area contributed by atoms with Gasteiger partial charge in [-0.2, -0.15) is 5.26 Å². The second kappa shape index (κ2) is 7.80. The quantitative estimate of drug-likeness (QED) is 0.884. The first-order valence-corrected chi connectivity index (χ1v) is 7.26. The molecule has 0 bridgehead atoms. The Kier molecular flexibility index (Phi) is 5.53. The van der Waals surface area contributed by atoms with Gasteiger partial charge >= 0.3 is 6.03 Å². The number of carbonyl (C=O) groups is 1. The van der Waals surface area contributed by atoms with Crippen LogP contribution in [-0.2, 0) is 0 Å². The Labute approximate surface area is 135 Å². The summed E-state index contributed by atoms with van der Waals surface area (Å²) >= 11 is 0. The van der Waals surface area contributed by atoms with E-state index in [2.05, 4.69) is 15.6 Å². The van der Waals surface area contributed by atoms with Crippen LogP contribution in [0, 0.1) is 17.2 Å². The number of carbonyl (C=O) groups excluding carboxylic acids is 1. The number of urea groups is 1. The van der Waals surface area contributed by atoms with Crippen LogP contribution in [0.25, 0.3) is 0 Å². The molecule has 2 amide bonds. The van der Waals surface area contributed by atoms with E-state index in [4.69, 9.17) is 10.00 Å². The molecule has 1 aromatic carbocycles. The largest absolute Gasteiger partial charge is 0.439 e. The number of pyridine rings is 1. The van der Waals surface area contributed by atoms with Crippen LogP contribution in [0.15, 0.2) is 42.6 Å². The van der Waals surface area contributed by atoms with Gasteiger partial charge in [-0.1, -0.05) is 19.9 Å². The second-order valence-electron chi connectivity index (χ2n) is 5.36. The van der Waals surface area contributed by atoms with Gasteiger partial charge in [0.15, 0.2) is 0 Å². The van der Waals surface area contributed by atoms with Crippen molar-refractivity contribution in [3.05, 3.63) is 48.2 Å². The maximum atomic E-state index is 11.8. The average Bonchev–Trinajstić information content (AvgIpc) is 2.54. The second-order valence-corrected chi connectivity index (χ2v) is 5.36. The monoisotopic (exact) mass is 310 g/mol. The summed E-state index contributed by atoms with van der Waals surface area (Å²) < 4.78 is 5.61. The lowest BCUT2D eigenvalue weighted by Gasteiger charge is -2.10. The summed E-state index contributed by atoms with van der Waals surface area (Å²) in [7, 11) is 0. The van der Waals surface area contributed by atoms with Crippen LogP contribution in [0.2, 0.25) is 0 Å². The Morgan fingerprint density at radius 3 is 2.83 bits per heavy atom. The highest BCUT2D eigenvalue weighted by atomic mass is 16.5. The minimum Gasteiger partial charge on any atom is -0.439 e. The van der Waals surface area contributed by atoms with E-state index >= 15 is 0 Å². The first-order valence-electron chi connectivity index (χ1n) is 7.26. The SMILES string of the molecule is CC(C)CNC(=O)Nc1cccc(Oc2ccc(C#N)cn2)c1. The number of hydrogen-bond acceptors (Lipinski definition) is 4. The molecule has 1 heterocycles. The van der Waals surface area contributed by atoms with Crippen molar-refractivity contribution in [3.8, 4) is 17.7 Å². The molecule has 0 aliphatic heterocycles. The fraction of sp³-hybridized carbons (Fsp3) is 0.235. The number of nitrogens with one attached hydrogen (secondary N) is 2. The summed E-state index contributed by atoms with van der Waals surface area (Å²) in [6, 6.07) is 12.0. The van der Waals surface area contributed by atoms with Crippen molar-refractivity contribution in [1.82, 2.24) is 10.3 Å². The number of nitrogens with zero attached hydrogens (tertiary/aromatic N) is 2. The summed E-state index contributed by atoms with van der Waals surface area (Å²) in [5.74, 6) is 1.31. The van der Waals surface area contributed by atoms with Gasteiger partial charge in [0.2, 0.25) is 5.88 Å². The molecule has 118 valence electrons. The van der Waals surface area contributed by atoms with E-state index in [0.717, 1.165) is 0 Å². The normalized spacial score (nSPS) is 10.0. The Bertz CT molecular complexity index is 705. The highest BCUT2D eigenvalue weighted by Crippen LogP contribution is 2.22. The summed E-state index contributed by atoms with van der Waals surface area (Å²) in [5.41, 5.74) is 1.09. The fourth-order valence-corrected chi connectivity index (χ4v) is 1.74. The topological polar surface area (TPSA) is 87.0 Å². The van der Waals surface area contributed by atoms with Gasteiger partial charge < -0.3 is 15.4 Å². The number of anilines is 1. The van der Waals surface area contributed by atoms with Crippen molar-refractivity contribution in [3.63, 3.8) is 0 Å². The van der Waals surface area contributed by atoms with Crippen LogP contribution in [0.3, 0.4) is 0 Å². The van der Waals surface area contributed by atoms with Gasteiger partial charge in [-0.25, -0.2) is 9.78 Å². The van der Waals surface area contributed by atoms with Crippen LogP contribution in [0.4, 0.5) is 10.5 Å². The van der Waals surface area contributed by atoms with Crippen molar-refractivity contribution in [2.24, 2.45) is 5.92 Å². The molecule has 2 rings (SSSR count). The number of nitriles is 1. The number of aromatic nitrogens is 1. The number of rotatable bonds is 5. The third kappa shape index (κ3) is 5.32. The predicted octanol–water partition coefficient (Wildman–Crippen LogP) is 3.52. The average molecular weight is 310 g/mol. The zero-order valence-electron chi connectivity index (χ0n) is 13.0. The van der Waals surface area contributed by atoms with Gasteiger partial charge in [0.05, 0.1) is 5.56 Å². The Balaban J connectivity index is 1.99. The van der Waals surface area contributed by atoms with Crippen molar-refractivity contribution in [2.45, 2.75) is 13.8 Å². The van der Waals surface area contributed by atoms with Gasteiger partial charge in [0.25, 0.3) is 0 Å². The lowest BCUT2D eigenvalue weighted by molar-refractivity contribution is 0.251. The lowest BCUT2D eigenvalue weighted by Crippen LogP contribution is -2.31. The smallest absolute Gasteiger partial charge is 0.319 e. The zero-order valence-corrected chi connectivity index (χ0v) is 13.0. The number of amides is 2. The van der Waals surface area contributed by atoms with E-state index in [1.165, 1.54) is 6.20 Å². The number of hydrogen-bond donors (Lipinski definition) is 2. The van der Waals surface area contributed by atoms with E-state index < -0.39 is 0 Å². The summed E-state index contributed by atoms with van der Waals surface area (Å²) in [5, 5.41) is 14.3. The number of ether oxygens (including phenoxy) is 1. The zero-order chi connectivity index (χ0) is 16.7. The first kappa shape index (κ1) is 16.3. The molecule has 6 nitrogen and oxygen atoms in total. The molecular formula is C17H18N4O2. The molecule has 0 fully saturated rings. The van der Waals surface area contributed by atoms with Gasteiger partial charge in [-0.15, -0.1) is 0 Å². The maximum absolute atomic E-state index is 11.8. The molecule has 0 atom stereocenters. The van der Waals surface area contributed by atoms with Crippen molar-refractivity contribution in [1.29, 1.82) is 5.26 Å². The molecule has 6 heteroatoms. The van der Waals surface area contributed by atoms with Gasteiger partial charge in [-0.05, 0) is 24.1 Å². The molecule has 0 aliphatic carbocycles. The van der Waals surface area contributed by atoms with Crippen molar-refractivity contribution in [2.75, 3.05) is 11.9 Å².